The van der Waals surface area contributed by atoms with Gasteiger partial charge in [-0.1, -0.05) is 68.4 Å². The van der Waals surface area contributed by atoms with Crippen LogP contribution in [0.5, 0.6) is 5.75 Å². The summed E-state index contributed by atoms with van der Waals surface area (Å²) in [4.78, 5) is 4.46. The van der Waals surface area contributed by atoms with Crippen molar-refractivity contribution in [2.75, 3.05) is 18.1 Å². The second-order valence-corrected chi connectivity index (χ2v) is 10.6. The Labute approximate surface area is 154 Å². The van der Waals surface area contributed by atoms with E-state index < -0.39 is 0 Å². The average Bonchev–Trinajstić information content (AvgIpc) is 2.82. The summed E-state index contributed by atoms with van der Waals surface area (Å²) in [5.74, 6) is 0.405. The molecule has 1 aromatic rings. The lowest BCUT2D eigenvalue weighted by Crippen LogP contribution is -2.32. The standard InChI is InChI=1S/C22H36N2O/c1-20(2,3)14-23-10-11-24(15-23)18-13-16(21(4,5)6)12-17(19(18)25)22(7,8)9/h10-13,25H,14-15H2,1-9H3. The molecule has 3 nitrogen and oxygen atoms in total. The molecule has 0 bridgehead atoms. The maximum absolute atomic E-state index is 11.0. The van der Waals surface area contributed by atoms with Crippen LogP contribution in [0.4, 0.5) is 5.69 Å². The molecule has 0 aliphatic carbocycles. The molecular formula is C22H36N2O. The minimum Gasteiger partial charge on any atom is -0.505 e. The summed E-state index contributed by atoms with van der Waals surface area (Å²) >= 11 is 0. The van der Waals surface area contributed by atoms with Crippen LogP contribution < -0.4 is 4.90 Å². The fourth-order valence-electron chi connectivity index (χ4n) is 3.18. The number of hydrogen-bond acceptors (Lipinski definition) is 3. The van der Waals surface area contributed by atoms with E-state index in [1.54, 1.807) is 0 Å². The summed E-state index contributed by atoms with van der Waals surface area (Å²) in [5, 5.41) is 11.0. The molecule has 1 N–H and O–H groups in total. The van der Waals surface area contributed by atoms with Crippen molar-refractivity contribution in [3.63, 3.8) is 0 Å². The molecule has 1 aromatic carbocycles. The number of nitrogens with zero attached hydrogens (tertiary/aromatic N) is 2. The number of hydrogen-bond donors (Lipinski definition) is 1. The van der Waals surface area contributed by atoms with Crippen LogP contribution in [0.15, 0.2) is 24.5 Å². The molecular weight excluding hydrogens is 308 g/mol. The Morgan fingerprint density at radius 2 is 1.48 bits per heavy atom. The quantitative estimate of drug-likeness (QED) is 0.758. The molecule has 0 amide bonds. The molecule has 0 saturated carbocycles. The van der Waals surface area contributed by atoms with Gasteiger partial charge >= 0.3 is 0 Å². The normalized spacial score (nSPS) is 16.0. The van der Waals surface area contributed by atoms with Gasteiger partial charge in [0.25, 0.3) is 0 Å². The molecule has 1 aliphatic heterocycles. The van der Waals surface area contributed by atoms with Crippen LogP contribution in [0.25, 0.3) is 0 Å². The van der Waals surface area contributed by atoms with E-state index >= 15 is 0 Å². The second-order valence-electron chi connectivity index (χ2n) is 10.6. The zero-order valence-corrected chi connectivity index (χ0v) is 17.6. The fraction of sp³-hybridized carbons (Fsp3) is 0.636. The summed E-state index contributed by atoms with van der Waals surface area (Å²) in [6.07, 6.45) is 4.21. The van der Waals surface area contributed by atoms with E-state index in [1.165, 1.54) is 5.56 Å². The molecule has 0 aromatic heterocycles. The molecule has 0 unspecified atom stereocenters. The molecule has 140 valence electrons. The maximum atomic E-state index is 11.0. The zero-order chi connectivity index (χ0) is 19.2. The van der Waals surface area contributed by atoms with Gasteiger partial charge in [0.1, 0.15) is 5.75 Å². The molecule has 0 saturated heterocycles. The Morgan fingerprint density at radius 3 is 1.96 bits per heavy atom. The van der Waals surface area contributed by atoms with Crippen LogP contribution in [-0.4, -0.2) is 23.2 Å². The van der Waals surface area contributed by atoms with Crippen molar-refractivity contribution in [1.29, 1.82) is 0 Å². The zero-order valence-electron chi connectivity index (χ0n) is 17.6. The topological polar surface area (TPSA) is 26.7 Å². The first-order chi connectivity index (χ1) is 11.2. The average molecular weight is 345 g/mol. The highest BCUT2D eigenvalue weighted by atomic mass is 16.3. The van der Waals surface area contributed by atoms with Crippen molar-refractivity contribution < 1.29 is 5.11 Å². The molecule has 1 aliphatic rings. The van der Waals surface area contributed by atoms with E-state index in [4.69, 9.17) is 0 Å². The maximum Gasteiger partial charge on any atom is 0.143 e. The number of phenolic OH excluding ortho intramolecular Hbond substituents is 1. The molecule has 0 spiro atoms. The molecule has 3 heteroatoms. The van der Waals surface area contributed by atoms with Gasteiger partial charge in [0.05, 0.1) is 12.4 Å². The van der Waals surface area contributed by atoms with Gasteiger partial charge in [0, 0.05) is 24.5 Å². The highest BCUT2D eigenvalue weighted by Gasteiger charge is 2.28. The summed E-state index contributed by atoms with van der Waals surface area (Å²) in [6, 6.07) is 4.32. The predicted molar refractivity (Wildman–Crippen MR) is 108 cm³/mol. The Kier molecular flexibility index (Phi) is 4.93. The number of benzene rings is 1. The van der Waals surface area contributed by atoms with Crippen LogP contribution in [0, 0.1) is 5.41 Å². The van der Waals surface area contributed by atoms with Crippen LogP contribution >= 0.6 is 0 Å². The van der Waals surface area contributed by atoms with Crippen molar-refractivity contribution in [3.8, 4) is 5.75 Å². The van der Waals surface area contributed by atoms with E-state index in [0.717, 1.165) is 24.5 Å². The molecule has 0 atom stereocenters. The third-order valence-corrected chi connectivity index (χ3v) is 4.54. The first kappa shape index (κ1) is 19.7. The van der Waals surface area contributed by atoms with Crippen molar-refractivity contribution >= 4 is 5.69 Å². The Hall–Kier alpha value is -1.64. The molecule has 0 radical (unpaired) electrons. The Bertz CT molecular complexity index is 654. The van der Waals surface area contributed by atoms with E-state index in [0.29, 0.717) is 5.75 Å². The smallest absolute Gasteiger partial charge is 0.143 e. The minimum atomic E-state index is -0.103. The number of rotatable bonds is 2. The van der Waals surface area contributed by atoms with Crippen molar-refractivity contribution in [2.24, 2.45) is 5.41 Å². The third-order valence-electron chi connectivity index (χ3n) is 4.54. The number of anilines is 1. The van der Waals surface area contributed by atoms with E-state index in [2.05, 4.69) is 96.6 Å². The largest absolute Gasteiger partial charge is 0.505 e. The van der Waals surface area contributed by atoms with Crippen molar-refractivity contribution in [1.82, 2.24) is 4.90 Å². The van der Waals surface area contributed by atoms with E-state index in [1.807, 2.05) is 0 Å². The van der Waals surface area contributed by atoms with Gasteiger partial charge in [-0.3, -0.25) is 0 Å². The first-order valence-electron chi connectivity index (χ1n) is 9.25. The Morgan fingerprint density at radius 1 is 0.880 bits per heavy atom. The van der Waals surface area contributed by atoms with Gasteiger partial charge in [0.2, 0.25) is 0 Å². The highest BCUT2D eigenvalue weighted by molar-refractivity contribution is 5.67. The lowest BCUT2D eigenvalue weighted by Gasteiger charge is -2.31. The lowest BCUT2D eigenvalue weighted by molar-refractivity contribution is 0.265. The summed E-state index contributed by atoms with van der Waals surface area (Å²) in [7, 11) is 0. The minimum absolute atomic E-state index is 0.0387. The SMILES string of the molecule is CC(C)(C)CN1C=CN(c2cc(C(C)(C)C)cc(C(C)(C)C)c2O)C1. The lowest BCUT2D eigenvalue weighted by atomic mass is 9.79. The fourth-order valence-corrected chi connectivity index (χ4v) is 3.18. The van der Waals surface area contributed by atoms with Crippen LogP contribution in [0.1, 0.15) is 73.4 Å². The van der Waals surface area contributed by atoms with Crippen LogP contribution in [-0.2, 0) is 10.8 Å². The van der Waals surface area contributed by atoms with Gasteiger partial charge in [-0.05, 0) is 27.9 Å². The summed E-state index contributed by atoms with van der Waals surface area (Å²) in [5.41, 5.74) is 3.35. The molecule has 25 heavy (non-hydrogen) atoms. The molecule has 1 heterocycles. The van der Waals surface area contributed by atoms with Gasteiger partial charge in [-0.2, -0.15) is 0 Å². The van der Waals surface area contributed by atoms with Gasteiger partial charge in [-0.15, -0.1) is 0 Å². The highest BCUT2D eigenvalue weighted by Crippen LogP contribution is 2.42. The molecule has 2 rings (SSSR count). The first-order valence-corrected chi connectivity index (χ1v) is 9.25. The van der Waals surface area contributed by atoms with E-state index in [-0.39, 0.29) is 16.2 Å². The van der Waals surface area contributed by atoms with E-state index in [9.17, 15) is 5.11 Å². The van der Waals surface area contributed by atoms with Gasteiger partial charge in [-0.25, -0.2) is 0 Å². The monoisotopic (exact) mass is 344 g/mol. The summed E-state index contributed by atoms with van der Waals surface area (Å²) in [6.45, 7) is 21.7. The number of aromatic hydroxyl groups is 1. The van der Waals surface area contributed by atoms with Gasteiger partial charge < -0.3 is 14.9 Å². The third kappa shape index (κ3) is 4.71. The summed E-state index contributed by atoms with van der Waals surface area (Å²) < 4.78 is 0. The Balaban J connectivity index is 2.43. The second kappa shape index (κ2) is 6.26. The predicted octanol–water partition coefficient (Wildman–Crippen LogP) is 5.58. The van der Waals surface area contributed by atoms with Crippen LogP contribution in [0.2, 0.25) is 0 Å². The van der Waals surface area contributed by atoms with Crippen molar-refractivity contribution in [2.45, 2.75) is 73.1 Å². The van der Waals surface area contributed by atoms with Crippen LogP contribution in [0.3, 0.4) is 0 Å². The molecule has 0 fully saturated rings. The van der Waals surface area contributed by atoms with Gasteiger partial charge in [0.15, 0.2) is 0 Å². The van der Waals surface area contributed by atoms with Crippen molar-refractivity contribution in [3.05, 3.63) is 35.7 Å². The number of phenols is 1.